The number of nitrogens with zero attached hydrogens (tertiary/aromatic N) is 3. The molecule has 1 saturated heterocycles. The third kappa shape index (κ3) is 4.28. The maximum absolute atomic E-state index is 13.2. The number of nitrogens with one attached hydrogen (secondary N) is 1. The second-order valence-electron chi connectivity index (χ2n) is 7.90. The van der Waals surface area contributed by atoms with Crippen molar-refractivity contribution in [3.05, 3.63) is 60.3 Å². The van der Waals surface area contributed by atoms with Gasteiger partial charge in [0.1, 0.15) is 11.8 Å². The van der Waals surface area contributed by atoms with Crippen molar-refractivity contribution < 1.29 is 27.5 Å². The molecule has 33 heavy (non-hydrogen) atoms. The first-order valence-corrected chi connectivity index (χ1v) is 10.1. The van der Waals surface area contributed by atoms with E-state index in [1.54, 1.807) is 6.20 Å². The van der Waals surface area contributed by atoms with Crippen LogP contribution in [0.1, 0.15) is 18.4 Å². The fraction of sp³-hybridized carbons (Fsp3) is 0.261. The number of amides is 3. The Morgan fingerprint density at radius 2 is 1.79 bits per heavy atom. The number of urea groups is 1. The number of pyridine rings is 1. The summed E-state index contributed by atoms with van der Waals surface area (Å²) in [6, 6.07) is 10.7. The molecule has 172 valence electrons. The van der Waals surface area contributed by atoms with Crippen molar-refractivity contribution in [2.45, 2.75) is 25.2 Å². The quantitative estimate of drug-likeness (QED) is 0.573. The Balaban J connectivity index is 1.62. The normalized spacial score (nSPS) is 17.3. The molecule has 1 aliphatic rings. The largest absolute Gasteiger partial charge is 0.573 e. The van der Waals surface area contributed by atoms with Crippen LogP contribution in [-0.4, -0.2) is 43.4 Å². The minimum absolute atomic E-state index is 0.149. The molecule has 2 aromatic carbocycles. The molecular weight excluding hydrogens is 437 g/mol. The van der Waals surface area contributed by atoms with Gasteiger partial charge < -0.3 is 15.0 Å². The molecule has 3 amide bonds. The maximum Gasteiger partial charge on any atom is 0.573 e. The van der Waals surface area contributed by atoms with E-state index < -0.39 is 30.1 Å². The summed E-state index contributed by atoms with van der Waals surface area (Å²) in [5.74, 6) is -1.32. The molecule has 2 heterocycles. The van der Waals surface area contributed by atoms with E-state index in [9.17, 15) is 22.8 Å². The van der Waals surface area contributed by atoms with Gasteiger partial charge in [-0.25, -0.2) is 9.69 Å². The van der Waals surface area contributed by atoms with Crippen LogP contribution in [0.4, 0.5) is 29.3 Å². The van der Waals surface area contributed by atoms with Crippen LogP contribution in [0.5, 0.6) is 5.75 Å². The highest BCUT2D eigenvalue weighted by atomic mass is 19.4. The first-order valence-electron chi connectivity index (χ1n) is 10.1. The van der Waals surface area contributed by atoms with Crippen molar-refractivity contribution in [1.82, 2.24) is 10.3 Å². The summed E-state index contributed by atoms with van der Waals surface area (Å²) in [5.41, 5.74) is 2.70. The lowest BCUT2D eigenvalue weighted by atomic mass is 9.90. The van der Waals surface area contributed by atoms with Gasteiger partial charge >= 0.3 is 12.4 Å². The molecule has 1 aromatic heterocycles. The van der Waals surface area contributed by atoms with Gasteiger partial charge in [0.05, 0.1) is 16.9 Å². The minimum atomic E-state index is -4.83. The van der Waals surface area contributed by atoms with Crippen molar-refractivity contribution in [3.63, 3.8) is 0 Å². The van der Waals surface area contributed by atoms with Gasteiger partial charge in [0.15, 0.2) is 0 Å². The summed E-state index contributed by atoms with van der Waals surface area (Å²) >= 11 is 0. The molecule has 1 aliphatic heterocycles. The molecule has 0 bridgehead atoms. The number of hydrogen-bond acceptors (Lipinski definition) is 5. The van der Waals surface area contributed by atoms with Crippen LogP contribution in [0.15, 0.2) is 54.7 Å². The van der Waals surface area contributed by atoms with Crippen molar-refractivity contribution in [2.24, 2.45) is 0 Å². The third-order valence-corrected chi connectivity index (χ3v) is 5.55. The van der Waals surface area contributed by atoms with E-state index in [0.717, 1.165) is 39.2 Å². The van der Waals surface area contributed by atoms with E-state index >= 15 is 0 Å². The van der Waals surface area contributed by atoms with Gasteiger partial charge in [0.25, 0.3) is 5.91 Å². The number of aromatic nitrogens is 1. The van der Waals surface area contributed by atoms with Crippen molar-refractivity contribution in [2.75, 3.05) is 23.9 Å². The van der Waals surface area contributed by atoms with E-state index in [1.807, 2.05) is 50.2 Å². The third-order valence-electron chi connectivity index (χ3n) is 5.55. The number of ether oxygens (including phenoxy) is 1. The van der Waals surface area contributed by atoms with Gasteiger partial charge in [0.2, 0.25) is 0 Å². The van der Waals surface area contributed by atoms with Crippen LogP contribution in [0.2, 0.25) is 0 Å². The summed E-state index contributed by atoms with van der Waals surface area (Å²) < 4.78 is 41.0. The number of imide groups is 1. The van der Waals surface area contributed by atoms with Crippen molar-refractivity contribution in [3.8, 4) is 5.75 Å². The van der Waals surface area contributed by atoms with Crippen LogP contribution in [-0.2, 0) is 4.79 Å². The summed E-state index contributed by atoms with van der Waals surface area (Å²) in [6.45, 7) is 1.84. The molecule has 1 N–H and O–H groups in total. The zero-order chi connectivity index (χ0) is 23.9. The first-order chi connectivity index (χ1) is 15.6. The fourth-order valence-corrected chi connectivity index (χ4v) is 4.00. The predicted octanol–water partition coefficient (Wildman–Crippen LogP) is 4.43. The van der Waals surface area contributed by atoms with E-state index in [2.05, 4.69) is 15.0 Å². The Morgan fingerprint density at radius 3 is 2.42 bits per heavy atom. The van der Waals surface area contributed by atoms with E-state index in [0.29, 0.717) is 0 Å². The molecule has 0 spiro atoms. The van der Waals surface area contributed by atoms with Crippen LogP contribution in [0, 0.1) is 0 Å². The number of rotatable bonds is 5. The number of fused-ring (bicyclic) bond motifs is 1. The average molecular weight is 458 g/mol. The number of para-hydroxylation sites is 1. The number of halogens is 3. The second-order valence-corrected chi connectivity index (χ2v) is 7.90. The Hall–Kier alpha value is -3.82. The lowest BCUT2D eigenvalue weighted by Crippen LogP contribution is -2.35. The number of hydrogen-bond donors (Lipinski definition) is 1. The van der Waals surface area contributed by atoms with Gasteiger partial charge in [-0.3, -0.25) is 9.78 Å². The molecule has 3 aromatic rings. The summed E-state index contributed by atoms with van der Waals surface area (Å²) in [5, 5.41) is 3.57. The van der Waals surface area contributed by atoms with E-state index in [4.69, 9.17) is 0 Å². The van der Waals surface area contributed by atoms with Crippen LogP contribution < -0.4 is 19.9 Å². The zero-order valence-corrected chi connectivity index (χ0v) is 18.1. The Kier molecular flexibility index (Phi) is 5.61. The molecule has 4 rings (SSSR count). The average Bonchev–Trinajstić information content (AvgIpc) is 3.05. The second kappa shape index (κ2) is 8.27. The molecule has 0 saturated carbocycles. The zero-order valence-electron chi connectivity index (χ0n) is 18.1. The first kappa shape index (κ1) is 22.4. The number of anilines is 2. The van der Waals surface area contributed by atoms with Crippen LogP contribution in [0.25, 0.3) is 10.9 Å². The maximum atomic E-state index is 13.2. The number of benzene rings is 2. The van der Waals surface area contributed by atoms with Crippen molar-refractivity contribution >= 4 is 34.2 Å². The van der Waals surface area contributed by atoms with Crippen molar-refractivity contribution in [1.29, 1.82) is 0 Å². The van der Waals surface area contributed by atoms with Gasteiger partial charge in [0, 0.05) is 31.6 Å². The predicted molar refractivity (Wildman–Crippen MR) is 117 cm³/mol. The van der Waals surface area contributed by atoms with Crippen LogP contribution >= 0.6 is 0 Å². The number of carbonyl (C=O) groups is 2. The monoisotopic (exact) mass is 458 g/mol. The summed E-state index contributed by atoms with van der Waals surface area (Å²) in [7, 11) is 3.83. The molecule has 7 nitrogen and oxygen atoms in total. The Labute approximate surface area is 187 Å². The number of carbonyl (C=O) groups excluding carboxylic acids is 2. The fourth-order valence-electron chi connectivity index (χ4n) is 4.00. The lowest BCUT2D eigenvalue weighted by Gasteiger charge is -2.21. The molecular formula is C23H21F3N4O3. The highest BCUT2D eigenvalue weighted by Gasteiger charge is 2.42. The molecule has 10 heteroatoms. The lowest BCUT2D eigenvalue weighted by molar-refractivity contribution is -0.274. The van der Waals surface area contributed by atoms with Gasteiger partial charge in [-0.1, -0.05) is 19.1 Å². The minimum Gasteiger partial charge on any atom is -0.406 e. The SMILES string of the molecule is CC(c1ccnc2c(N(C)C)cccc12)C1NC(=O)N(c2ccc(OC(F)(F)F)cc2)C1=O. The van der Waals surface area contributed by atoms with E-state index in [-0.39, 0.29) is 11.6 Å². The smallest absolute Gasteiger partial charge is 0.406 e. The molecule has 0 radical (unpaired) electrons. The van der Waals surface area contributed by atoms with E-state index in [1.165, 1.54) is 12.1 Å². The molecule has 2 atom stereocenters. The summed E-state index contributed by atoms with van der Waals surface area (Å²) in [4.78, 5) is 33.1. The Bertz CT molecular complexity index is 1210. The van der Waals surface area contributed by atoms with Gasteiger partial charge in [-0.05, 0) is 42.0 Å². The molecule has 0 aliphatic carbocycles. The topological polar surface area (TPSA) is 74.8 Å². The van der Waals surface area contributed by atoms with Gasteiger partial charge in [-0.15, -0.1) is 13.2 Å². The Morgan fingerprint density at radius 1 is 1.09 bits per heavy atom. The van der Waals surface area contributed by atoms with Gasteiger partial charge in [-0.2, -0.15) is 0 Å². The molecule has 1 fully saturated rings. The highest BCUT2D eigenvalue weighted by Crippen LogP contribution is 2.34. The standard InChI is InChI=1S/C23H21F3N4O3/c1-13(16-11-12-27-20-17(16)5-4-6-18(20)29(2)3)19-21(31)30(22(32)28-19)14-7-9-15(10-8-14)33-23(24,25)26/h4-13,19H,1-3H3,(H,28,32). The summed E-state index contributed by atoms with van der Waals surface area (Å²) in [6.07, 6.45) is -3.16. The highest BCUT2D eigenvalue weighted by molar-refractivity contribution is 6.21. The number of alkyl halides is 3. The van der Waals surface area contributed by atoms with Crippen LogP contribution in [0.3, 0.4) is 0 Å². The molecule has 2 unspecified atom stereocenters.